The van der Waals surface area contributed by atoms with Crippen molar-refractivity contribution >= 4 is 40.2 Å². The van der Waals surface area contributed by atoms with Gasteiger partial charge in [-0.25, -0.2) is 4.98 Å². The number of nitrogens with one attached hydrogen (secondary N) is 1. The summed E-state index contributed by atoms with van der Waals surface area (Å²) in [7, 11) is 0. The van der Waals surface area contributed by atoms with Gasteiger partial charge in [-0.15, -0.1) is 11.3 Å². The van der Waals surface area contributed by atoms with Crippen LogP contribution in [-0.2, 0) is 11.2 Å². The summed E-state index contributed by atoms with van der Waals surface area (Å²) in [5.41, 5.74) is 2.08. The van der Waals surface area contributed by atoms with Crippen LogP contribution >= 0.6 is 22.9 Å². The largest absolute Gasteiger partial charge is 0.326 e. The lowest BCUT2D eigenvalue weighted by Crippen LogP contribution is -2.14. The summed E-state index contributed by atoms with van der Waals surface area (Å²) in [4.78, 5) is 26.7. The van der Waals surface area contributed by atoms with E-state index in [-0.39, 0.29) is 18.0 Å². The summed E-state index contributed by atoms with van der Waals surface area (Å²) in [6.45, 7) is 0. The maximum absolute atomic E-state index is 12.1. The fourth-order valence-corrected chi connectivity index (χ4v) is 3.10. The first-order valence-corrected chi connectivity index (χ1v) is 8.52. The molecule has 2 aromatic carbocycles. The molecule has 3 aromatic rings. The van der Waals surface area contributed by atoms with Crippen LogP contribution in [0.1, 0.15) is 5.69 Å². The minimum Gasteiger partial charge on any atom is -0.326 e. The number of benzene rings is 2. The van der Waals surface area contributed by atoms with Crippen LogP contribution in [0.5, 0.6) is 0 Å². The Morgan fingerprint density at radius 3 is 2.48 bits per heavy atom. The van der Waals surface area contributed by atoms with E-state index < -0.39 is 4.92 Å². The SMILES string of the molecule is O=C(Cc1csc(-c2ccc(Cl)cc2)n1)Nc1ccc([N+](=O)[O-])cc1. The lowest BCUT2D eigenvalue weighted by atomic mass is 10.2. The van der Waals surface area contributed by atoms with Crippen molar-refractivity contribution in [1.29, 1.82) is 0 Å². The van der Waals surface area contributed by atoms with Gasteiger partial charge in [-0.05, 0) is 24.3 Å². The fraction of sp³-hybridized carbons (Fsp3) is 0.0588. The molecule has 0 saturated heterocycles. The molecule has 0 fully saturated rings. The average Bonchev–Trinajstić information content (AvgIpc) is 3.04. The molecular formula is C17H12ClN3O3S. The molecule has 0 saturated carbocycles. The molecular weight excluding hydrogens is 362 g/mol. The molecule has 0 atom stereocenters. The van der Waals surface area contributed by atoms with Crippen LogP contribution in [0.25, 0.3) is 10.6 Å². The molecule has 126 valence electrons. The second kappa shape index (κ2) is 7.42. The van der Waals surface area contributed by atoms with E-state index in [1.54, 1.807) is 12.1 Å². The van der Waals surface area contributed by atoms with Crippen LogP contribution in [0.3, 0.4) is 0 Å². The lowest BCUT2D eigenvalue weighted by Gasteiger charge is -2.03. The monoisotopic (exact) mass is 373 g/mol. The van der Waals surface area contributed by atoms with Crippen molar-refractivity contribution in [3.63, 3.8) is 0 Å². The molecule has 1 amide bonds. The Morgan fingerprint density at radius 1 is 1.16 bits per heavy atom. The molecule has 6 nitrogen and oxygen atoms in total. The Hall–Kier alpha value is -2.77. The molecule has 0 unspecified atom stereocenters. The van der Waals surface area contributed by atoms with Crippen LogP contribution in [0.2, 0.25) is 5.02 Å². The minimum absolute atomic E-state index is 0.0230. The number of nitrogens with zero attached hydrogens (tertiary/aromatic N) is 2. The Bertz CT molecular complexity index is 908. The quantitative estimate of drug-likeness (QED) is 0.525. The molecule has 0 aliphatic rings. The van der Waals surface area contributed by atoms with Crippen LogP contribution < -0.4 is 5.32 Å². The Balaban J connectivity index is 1.63. The average molecular weight is 374 g/mol. The number of carbonyl (C=O) groups excluding carboxylic acids is 1. The van der Waals surface area contributed by atoms with E-state index >= 15 is 0 Å². The predicted molar refractivity (Wildman–Crippen MR) is 98.0 cm³/mol. The number of anilines is 1. The number of nitro benzene ring substituents is 1. The third kappa shape index (κ3) is 4.40. The smallest absolute Gasteiger partial charge is 0.269 e. The van der Waals surface area contributed by atoms with Crippen LogP contribution in [0.4, 0.5) is 11.4 Å². The second-order valence-electron chi connectivity index (χ2n) is 5.18. The van der Waals surface area contributed by atoms with Crippen LogP contribution in [0, 0.1) is 10.1 Å². The Morgan fingerprint density at radius 2 is 1.84 bits per heavy atom. The minimum atomic E-state index is -0.487. The highest BCUT2D eigenvalue weighted by atomic mass is 35.5. The summed E-state index contributed by atoms with van der Waals surface area (Å²) >= 11 is 7.32. The van der Waals surface area contributed by atoms with E-state index in [0.717, 1.165) is 10.6 Å². The molecule has 0 aliphatic heterocycles. The van der Waals surface area contributed by atoms with E-state index in [4.69, 9.17) is 11.6 Å². The van der Waals surface area contributed by atoms with Crippen molar-refractivity contribution in [3.8, 4) is 10.6 Å². The van der Waals surface area contributed by atoms with Gasteiger partial charge in [-0.1, -0.05) is 23.7 Å². The second-order valence-corrected chi connectivity index (χ2v) is 6.47. The molecule has 25 heavy (non-hydrogen) atoms. The van der Waals surface area contributed by atoms with E-state index in [1.165, 1.54) is 35.6 Å². The molecule has 0 spiro atoms. The molecule has 0 aliphatic carbocycles. The Kier molecular flexibility index (Phi) is 5.06. The van der Waals surface area contributed by atoms with Crippen LogP contribution in [-0.4, -0.2) is 15.8 Å². The van der Waals surface area contributed by atoms with Gasteiger partial charge in [0.15, 0.2) is 0 Å². The number of thiazole rings is 1. The molecule has 1 heterocycles. The first kappa shape index (κ1) is 17.1. The number of amides is 1. The number of rotatable bonds is 5. The maximum Gasteiger partial charge on any atom is 0.269 e. The van der Waals surface area contributed by atoms with Crippen molar-refractivity contribution in [2.45, 2.75) is 6.42 Å². The zero-order valence-electron chi connectivity index (χ0n) is 12.8. The number of halogens is 1. The molecule has 1 aromatic heterocycles. The lowest BCUT2D eigenvalue weighted by molar-refractivity contribution is -0.384. The molecule has 0 bridgehead atoms. The van der Waals surface area contributed by atoms with Gasteiger partial charge >= 0.3 is 0 Å². The summed E-state index contributed by atoms with van der Waals surface area (Å²) in [6.07, 6.45) is 0.126. The molecule has 0 radical (unpaired) electrons. The summed E-state index contributed by atoms with van der Waals surface area (Å²) in [5.74, 6) is -0.234. The Labute approximate surface area is 152 Å². The van der Waals surface area contributed by atoms with Crippen LogP contribution in [0.15, 0.2) is 53.9 Å². The van der Waals surface area contributed by atoms with E-state index in [2.05, 4.69) is 10.3 Å². The van der Waals surface area contributed by atoms with E-state index in [0.29, 0.717) is 16.4 Å². The summed E-state index contributed by atoms with van der Waals surface area (Å²) in [5, 5.41) is 16.6. The highest BCUT2D eigenvalue weighted by Crippen LogP contribution is 2.25. The molecule has 8 heteroatoms. The number of non-ortho nitro benzene ring substituents is 1. The summed E-state index contributed by atoms with van der Waals surface area (Å²) < 4.78 is 0. The summed E-state index contributed by atoms with van der Waals surface area (Å²) in [6, 6.07) is 13.0. The number of aromatic nitrogens is 1. The van der Waals surface area contributed by atoms with Gasteiger partial charge in [0.2, 0.25) is 5.91 Å². The fourth-order valence-electron chi connectivity index (χ4n) is 2.15. The van der Waals surface area contributed by atoms with Crippen molar-refractivity contribution in [3.05, 3.63) is 74.7 Å². The highest BCUT2D eigenvalue weighted by molar-refractivity contribution is 7.13. The van der Waals surface area contributed by atoms with Gasteiger partial charge < -0.3 is 5.32 Å². The van der Waals surface area contributed by atoms with Gasteiger partial charge in [-0.2, -0.15) is 0 Å². The van der Waals surface area contributed by atoms with Gasteiger partial charge in [0.1, 0.15) is 5.01 Å². The van der Waals surface area contributed by atoms with Crippen molar-refractivity contribution in [1.82, 2.24) is 4.98 Å². The van der Waals surface area contributed by atoms with Crippen molar-refractivity contribution in [2.24, 2.45) is 0 Å². The predicted octanol–water partition coefficient (Wildman–Crippen LogP) is 4.55. The maximum atomic E-state index is 12.1. The van der Waals surface area contributed by atoms with Gasteiger partial charge in [0.05, 0.1) is 17.0 Å². The van der Waals surface area contributed by atoms with Gasteiger partial charge in [0.25, 0.3) is 5.69 Å². The number of carbonyl (C=O) groups is 1. The third-order valence-electron chi connectivity index (χ3n) is 3.35. The number of nitro groups is 1. The standard InChI is InChI=1S/C17H12ClN3O3S/c18-12-3-1-11(2-4-12)17-20-14(10-25-17)9-16(22)19-13-5-7-15(8-6-13)21(23)24/h1-8,10H,9H2,(H,19,22). The highest BCUT2D eigenvalue weighted by Gasteiger charge is 2.10. The van der Waals surface area contributed by atoms with Crippen molar-refractivity contribution in [2.75, 3.05) is 5.32 Å². The van der Waals surface area contributed by atoms with E-state index in [1.807, 2.05) is 17.5 Å². The van der Waals surface area contributed by atoms with E-state index in [9.17, 15) is 14.9 Å². The van der Waals surface area contributed by atoms with Gasteiger partial charge in [0, 0.05) is 33.8 Å². The zero-order chi connectivity index (χ0) is 17.8. The number of hydrogen-bond acceptors (Lipinski definition) is 5. The first-order valence-electron chi connectivity index (χ1n) is 7.26. The number of hydrogen-bond donors (Lipinski definition) is 1. The molecule has 3 rings (SSSR count). The molecule has 1 N–H and O–H groups in total. The van der Waals surface area contributed by atoms with Gasteiger partial charge in [-0.3, -0.25) is 14.9 Å². The normalized spacial score (nSPS) is 10.4. The first-order chi connectivity index (χ1) is 12.0. The van der Waals surface area contributed by atoms with Crippen molar-refractivity contribution < 1.29 is 9.72 Å². The topological polar surface area (TPSA) is 85.1 Å². The zero-order valence-corrected chi connectivity index (χ0v) is 14.4. The third-order valence-corrected chi connectivity index (χ3v) is 4.54.